The van der Waals surface area contributed by atoms with Crippen LogP contribution >= 0.6 is 0 Å². The molecule has 0 N–H and O–H groups in total. The maximum absolute atomic E-state index is 15.2. The Labute approximate surface area is 192 Å². The second-order valence-corrected chi connectivity index (χ2v) is 10.0. The van der Waals surface area contributed by atoms with Gasteiger partial charge in [-0.05, 0) is 72.3 Å². The van der Waals surface area contributed by atoms with E-state index >= 15 is 8.78 Å². The molecule has 0 amide bonds. The van der Waals surface area contributed by atoms with Crippen molar-refractivity contribution in [3.63, 3.8) is 0 Å². The van der Waals surface area contributed by atoms with Gasteiger partial charge < -0.3 is 4.74 Å². The van der Waals surface area contributed by atoms with Gasteiger partial charge in [0.1, 0.15) is 0 Å². The Kier molecular flexibility index (Phi) is 6.11. The number of aryl methyl sites for hydroxylation is 1. The summed E-state index contributed by atoms with van der Waals surface area (Å²) in [4.78, 5) is 0. The van der Waals surface area contributed by atoms with Crippen LogP contribution in [0.5, 0.6) is 0 Å². The van der Waals surface area contributed by atoms with Crippen LogP contribution in [0.15, 0.2) is 23.8 Å². The second kappa shape index (κ2) is 8.90. The van der Waals surface area contributed by atoms with E-state index in [-0.39, 0.29) is 28.7 Å². The zero-order valence-electron chi connectivity index (χ0n) is 19.2. The molecule has 1 heterocycles. The van der Waals surface area contributed by atoms with E-state index in [2.05, 4.69) is 13.0 Å². The molecule has 5 heteroatoms. The highest BCUT2D eigenvalue weighted by molar-refractivity contribution is 5.79. The summed E-state index contributed by atoms with van der Waals surface area (Å²) in [5, 5.41) is 0. The highest BCUT2D eigenvalue weighted by Gasteiger charge is 2.34. The Morgan fingerprint density at radius 3 is 2.18 bits per heavy atom. The van der Waals surface area contributed by atoms with E-state index in [4.69, 9.17) is 4.74 Å². The van der Waals surface area contributed by atoms with Gasteiger partial charge in [0.2, 0.25) is 0 Å². The van der Waals surface area contributed by atoms with E-state index in [1.165, 1.54) is 18.4 Å². The largest absolute Gasteiger partial charge is 0.369 e. The van der Waals surface area contributed by atoms with Crippen LogP contribution in [0.25, 0.3) is 11.1 Å². The van der Waals surface area contributed by atoms with Crippen LogP contribution in [-0.4, -0.2) is 6.61 Å². The second-order valence-electron chi connectivity index (χ2n) is 10.0. The lowest BCUT2D eigenvalue weighted by Gasteiger charge is -2.32. The fraction of sp³-hybridized carbons (Fsp3) is 0.500. The number of benzene rings is 2. The van der Waals surface area contributed by atoms with E-state index in [0.29, 0.717) is 42.9 Å². The van der Waals surface area contributed by atoms with Crippen molar-refractivity contribution in [2.24, 2.45) is 11.8 Å². The van der Waals surface area contributed by atoms with Crippen LogP contribution in [0, 0.1) is 35.1 Å². The van der Waals surface area contributed by atoms with E-state index in [0.717, 1.165) is 18.8 Å². The smallest absolute Gasteiger partial charge is 0.167 e. The van der Waals surface area contributed by atoms with Crippen molar-refractivity contribution in [3.05, 3.63) is 69.3 Å². The molecule has 1 nitrogen and oxygen atoms in total. The molecule has 1 atom stereocenters. The SMILES string of the molecule is CCCc1cc2c(c(F)c1F)-c1c(cc(C3CC=C(C4CCC(C)CC4)CO3)c(F)c1F)C2. The summed E-state index contributed by atoms with van der Waals surface area (Å²) in [6.07, 6.45) is 8.14. The summed E-state index contributed by atoms with van der Waals surface area (Å²) in [6, 6.07) is 3.20. The quantitative estimate of drug-likeness (QED) is 0.284. The van der Waals surface area contributed by atoms with Crippen molar-refractivity contribution in [3.8, 4) is 11.1 Å². The Balaban J connectivity index is 1.44. The summed E-state index contributed by atoms with van der Waals surface area (Å²) in [5.41, 5.74) is 2.45. The first-order chi connectivity index (χ1) is 15.9. The van der Waals surface area contributed by atoms with Crippen molar-refractivity contribution < 1.29 is 22.3 Å². The minimum absolute atomic E-state index is 0.136. The first kappa shape index (κ1) is 22.6. The van der Waals surface area contributed by atoms with Crippen LogP contribution in [0.4, 0.5) is 17.6 Å². The lowest BCUT2D eigenvalue weighted by atomic mass is 9.78. The van der Waals surface area contributed by atoms with E-state index < -0.39 is 29.4 Å². The number of rotatable bonds is 4. The Morgan fingerprint density at radius 2 is 1.55 bits per heavy atom. The fourth-order valence-electron chi connectivity index (χ4n) is 5.86. The molecule has 2 aromatic rings. The highest BCUT2D eigenvalue weighted by Crippen LogP contribution is 2.45. The average molecular weight is 459 g/mol. The molecule has 0 aromatic heterocycles. The lowest BCUT2D eigenvalue weighted by molar-refractivity contribution is 0.0509. The first-order valence-electron chi connectivity index (χ1n) is 12.2. The molecule has 5 rings (SSSR count). The molecule has 1 aliphatic heterocycles. The molecule has 0 bridgehead atoms. The molecule has 0 spiro atoms. The third-order valence-electron chi connectivity index (χ3n) is 7.76. The molecular formula is C28H30F4O. The van der Waals surface area contributed by atoms with Crippen molar-refractivity contribution >= 4 is 0 Å². The molecule has 0 radical (unpaired) electrons. The van der Waals surface area contributed by atoms with Gasteiger partial charge in [0.25, 0.3) is 0 Å². The van der Waals surface area contributed by atoms with Crippen molar-refractivity contribution in [1.29, 1.82) is 0 Å². The summed E-state index contributed by atoms with van der Waals surface area (Å²) in [7, 11) is 0. The Hall–Kier alpha value is -2.14. The summed E-state index contributed by atoms with van der Waals surface area (Å²) < 4.78 is 65.8. The molecule has 1 unspecified atom stereocenters. The molecule has 1 fully saturated rings. The lowest BCUT2D eigenvalue weighted by Crippen LogP contribution is -2.21. The molecule has 2 aromatic carbocycles. The van der Waals surface area contributed by atoms with E-state index in [1.54, 1.807) is 12.1 Å². The Morgan fingerprint density at radius 1 is 0.879 bits per heavy atom. The predicted octanol–water partition coefficient (Wildman–Crippen LogP) is 7.98. The number of ether oxygens (including phenoxy) is 1. The van der Waals surface area contributed by atoms with Gasteiger partial charge in [-0.1, -0.05) is 45.3 Å². The zero-order chi connectivity index (χ0) is 23.3. The van der Waals surface area contributed by atoms with E-state index in [9.17, 15) is 8.78 Å². The fourth-order valence-corrected chi connectivity index (χ4v) is 5.86. The molecule has 33 heavy (non-hydrogen) atoms. The minimum Gasteiger partial charge on any atom is -0.369 e. The molecule has 2 aliphatic carbocycles. The normalized spacial score (nSPS) is 24.4. The number of hydrogen-bond acceptors (Lipinski definition) is 1. The van der Waals surface area contributed by atoms with Crippen LogP contribution in [0.1, 0.15) is 80.7 Å². The molecule has 3 aliphatic rings. The van der Waals surface area contributed by atoms with Crippen molar-refractivity contribution in [2.45, 2.75) is 71.3 Å². The maximum Gasteiger partial charge on any atom is 0.167 e. The van der Waals surface area contributed by atoms with Crippen LogP contribution < -0.4 is 0 Å². The molecule has 0 saturated heterocycles. The standard InChI is InChI=1S/C28H30F4O/c1-3-4-17-11-19-12-20-13-21(26(30)28(32)24(20)23(19)27(31)25(17)29)22-10-9-18(14-33-22)16-7-5-15(2)6-8-16/h9,11,13,15-16,22H,3-8,10,12,14H2,1-2H3. The first-order valence-corrected chi connectivity index (χ1v) is 12.2. The monoisotopic (exact) mass is 458 g/mol. The summed E-state index contributed by atoms with van der Waals surface area (Å²) in [6.45, 7) is 4.61. The van der Waals surface area contributed by atoms with Gasteiger partial charge in [0.05, 0.1) is 12.7 Å². The Bertz CT molecular complexity index is 1110. The summed E-state index contributed by atoms with van der Waals surface area (Å²) in [5.74, 6) is -2.88. The van der Waals surface area contributed by atoms with E-state index in [1.807, 2.05) is 6.92 Å². The van der Waals surface area contributed by atoms with Crippen LogP contribution in [0.2, 0.25) is 0 Å². The van der Waals surface area contributed by atoms with Gasteiger partial charge in [-0.25, -0.2) is 17.6 Å². The third-order valence-corrected chi connectivity index (χ3v) is 7.76. The summed E-state index contributed by atoms with van der Waals surface area (Å²) >= 11 is 0. The van der Waals surface area contributed by atoms with Gasteiger partial charge in [-0.15, -0.1) is 0 Å². The topological polar surface area (TPSA) is 9.23 Å². The van der Waals surface area contributed by atoms with Gasteiger partial charge >= 0.3 is 0 Å². The van der Waals surface area contributed by atoms with Gasteiger partial charge in [-0.2, -0.15) is 0 Å². The average Bonchev–Trinajstić information content (AvgIpc) is 3.19. The van der Waals surface area contributed by atoms with Gasteiger partial charge in [0.15, 0.2) is 23.3 Å². The predicted molar refractivity (Wildman–Crippen MR) is 121 cm³/mol. The maximum atomic E-state index is 15.2. The van der Waals surface area contributed by atoms with Crippen molar-refractivity contribution in [2.75, 3.05) is 6.61 Å². The van der Waals surface area contributed by atoms with Crippen LogP contribution in [-0.2, 0) is 17.6 Å². The van der Waals surface area contributed by atoms with Crippen LogP contribution in [0.3, 0.4) is 0 Å². The third kappa shape index (κ3) is 3.92. The molecule has 1 saturated carbocycles. The molecule has 176 valence electrons. The zero-order valence-corrected chi connectivity index (χ0v) is 19.2. The van der Waals surface area contributed by atoms with Gasteiger partial charge in [-0.3, -0.25) is 0 Å². The van der Waals surface area contributed by atoms with Crippen molar-refractivity contribution in [1.82, 2.24) is 0 Å². The van der Waals surface area contributed by atoms with Gasteiger partial charge in [0, 0.05) is 16.7 Å². The minimum atomic E-state index is -1.11. The number of halogens is 4. The molecular weight excluding hydrogens is 428 g/mol. The number of fused-ring (bicyclic) bond motifs is 3. The number of hydrogen-bond donors (Lipinski definition) is 0. The highest BCUT2D eigenvalue weighted by atomic mass is 19.2.